The van der Waals surface area contributed by atoms with Crippen molar-refractivity contribution in [2.24, 2.45) is 5.10 Å². The molecule has 1 N–H and O–H groups in total. The first-order chi connectivity index (χ1) is 12.0. The molecule has 2 aromatic heterocycles. The summed E-state index contributed by atoms with van der Waals surface area (Å²) >= 11 is 1.52. The van der Waals surface area contributed by atoms with Gasteiger partial charge in [0.15, 0.2) is 15.6 Å². The third-order valence-electron chi connectivity index (χ3n) is 3.24. The van der Waals surface area contributed by atoms with E-state index in [-0.39, 0.29) is 22.2 Å². The molecule has 0 aliphatic heterocycles. The highest BCUT2D eigenvalue weighted by Crippen LogP contribution is 2.18. The summed E-state index contributed by atoms with van der Waals surface area (Å²) in [4.78, 5) is 12.2. The van der Waals surface area contributed by atoms with Crippen LogP contribution in [0.4, 0.5) is 0 Å². The van der Waals surface area contributed by atoms with Gasteiger partial charge in [-0.15, -0.1) is 0 Å². The van der Waals surface area contributed by atoms with E-state index in [0.717, 1.165) is 5.56 Å². The molecule has 2 heterocycles. The van der Waals surface area contributed by atoms with E-state index in [9.17, 15) is 13.2 Å². The molecule has 1 aromatic carbocycles. The quantitative estimate of drug-likeness (QED) is 0.530. The Morgan fingerprint density at radius 1 is 1.16 bits per heavy atom. The van der Waals surface area contributed by atoms with Gasteiger partial charge < -0.3 is 4.42 Å². The summed E-state index contributed by atoms with van der Waals surface area (Å²) in [6.07, 6.45) is 1.51. The largest absolute Gasteiger partial charge is 0.455 e. The second kappa shape index (κ2) is 7.45. The summed E-state index contributed by atoms with van der Waals surface area (Å²) in [5.41, 5.74) is 3.21. The van der Waals surface area contributed by atoms with Crippen LogP contribution >= 0.6 is 11.3 Å². The molecular weight excluding hydrogens is 360 g/mol. The number of sulfone groups is 1. The van der Waals surface area contributed by atoms with Gasteiger partial charge in [0.25, 0.3) is 0 Å². The van der Waals surface area contributed by atoms with Crippen molar-refractivity contribution in [3.05, 3.63) is 76.4 Å². The van der Waals surface area contributed by atoms with E-state index >= 15 is 0 Å². The fourth-order valence-electron chi connectivity index (χ4n) is 2.04. The molecule has 0 atom stereocenters. The molecule has 0 fully saturated rings. The molecular formula is C17H14N2O4S2. The molecule has 3 rings (SSSR count). The second-order valence-electron chi connectivity index (χ2n) is 5.09. The van der Waals surface area contributed by atoms with Crippen LogP contribution in [-0.2, 0) is 15.6 Å². The van der Waals surface area contributed by atoms with Crippen LogP contribution in [-0.4, -0.2) is 20.5 Å². The van der Waals surface area contributed by atoms with Crippen LogP contribution < -0.4 is 5.43 Å². The molecule has 0 aliphatic rings. The Kier molecular flexibility index (Phi) is 5.11. The summed E-state index contributed by atoms with van der Waals surface area (Å²) in [5.74, 6) is -0.672. The van der Waals surface area contributed by atoms with E-state index < -0.39 is 15.7 Å². The Hall–Kier alpha value is -2.71. The van der Waals surface area contributed by atoms with Gasteiger partial charge in [-0.1, -0.05) is 18.2 Å². The average Bonchev–Trinajstić information content (AvgIpc) is 3.27. The van der Waals surface area contributed by atoms with Crippen LogP contribution in [0.5, 0.6) is 0 Å². The number of nitrogens with one attached hydrogen (secondary N) is 1. The Morgan fingerprint density at radius 3 is 2.68 bits per heavy atom. The molecule has 0 saturated heterocycles. The molecule has 0 aliphatic carbocycles. The Labute approximate surface area is 148 Å². The van der Waals surface area contributed by atoms with Crippen molar-refractivity contribution in [3.8, 4) is 0 Å². The highest BCUT2D eigenvalue weighted by Gasteiger charge is 2.19. The van der Waals surface area contributed by atoms with E-state index in [1.54, 1.807) is 18.2 Å². The predicted octanol–water partition coefficient (Wildman–Crippen LogP) is 3.08. The molecule has 0 bridgehead atoms. The normalized spacial score (nSPS) is 11.7. The fourth-order valence-corrected chi connectivity index (χ4v) is 3.92. The minimum absolute atomic E-state index is 0.000676. The van der Waals surface area contributed by atoms with Gasteiger partial charge in [-0.2, -0.15) is 16.4 Å². The molecule has 8 heteroatoms. The van der Waals surface area contributed by atoms with Crippen LogP contribution in [0, 0.1) is 0 Å². The first-order valence-corrected chi connectivity index (χ1v) is 9.86. The van der Waals surface area contributed by atoms with Gasteiger partial charge in [0, 0.05) is 5.56 Å². The number of hydrazone groups is 1. The van der Waals surface area contributed by atoms with E-state index in [0.29, 0.717) is 0 Å². The number of nitrogens with zero attached hydrogens (tertiary/aromatic N) is 1. The lowest BCUT2D eigenvalue weighted by atomic mass is 10.4. The minimum atomic E-state index is -3.53. The van der Waals surface area contributed by atoms with Gasteiger partial charge in [0.1, 0.15) is 11.5 Å². The number of thiophene rings is 1. The highest BCUT2D eigenvalue weighted by molar-refractivity contribution is 7.90. The number of benzene rings is 1. The van der Waals surface area contributed by atoms with Crippen LogP contribution in [0.1, 0.15) is 21.9 Å². The molecule has 0 saturated carbocycles. The number of amides is 1. The zero-order valence-electron chi connectivity index (χ0n) is 13.0. The molecule has 0 unspecified atom stereocenters. The first-order valence-electron chi connectivity index (χ1n) is 7.27. The standard InChI is InChI=1S/C17H14N2O4S2/c20-17(19-18-10-13-8-9-24-11-13)16-7-6-14(23-16)12-25(21,22)15-4-2-1-3-5-15/h1-11H,12H2,(H,19,20)/b18-10-. The first kappa shape index (κ1) is 17.1. The van der Waals surface area contributed by atoms with Crippen LogP contribution in [0.25, 0.3) is 0 Å². The number of rotatable bonds is 6. The van der Waals surface area contributed by atoms with E-state index in [2.05, 4.69) is 10.5 Å². The van der Waals surface area contributed by atoms with Gasteiger partial charge >= 0.3 is 5.91 Å². The molecule has 6 nitrogen and oxygen atoms in total. The topological polar surface area (TPSA) is 88.7 Å². The van der Waals surface area contributed by atoms with E-state index in [1.165, 1.54) is 41.8 Å². The number of hydrogen-bond donors (Lipinski definition) is 1. The van der Waals surface area contributed by atoms with Gasteiger partial charge in [0.05, 0.1) is 11.1 Å². The number of furan rings is 1. The van der Waals surface area contributed by atoms with Crippen molar-refractivity contribution in [2.45, 2.75) is 10.6 Å². The maximum absolute atomic E-state index is 12.3. The maximum atomic E-state index is 12.3. The third kappa shape index (κ3) is 4.43. The minimum Gasteiger partial charge on any atom is -0.455 e. The SMILES string of the molecule is O=C(N/N=C\c1ccsc1)c1ccc(CS(=O)(=O)c2ccccc2)o1. The summed E-state index contributed by atoms with van der Waals surface area (Å²) in [6, 6.07) is 12.8. The highest BCUT2D eigenvalue weighted by atomic mass is 32.2. The lowest BCUT2D eigenvalue weighted by Crippen LogP contribution is -2.16. The fraction of sp³-hybridized carbons (Fsp3) is 0.0588. The lowest BCUT2D eigenvalue weighted by molar-refractivity contribution is 0.0926. The molecule has 128 valence electrons. The smallest absolute Gasteiger partial charge is 0.307 e. The molecule has 3 aromatic rings. The predicted molar refractivity (Wildman–Crippen MR) is 95.4 cm³/mol. The Bertz CT molecular complexity index is 975. The molecule has 0 spiro atoms. The monoisotopic (exact) mass is 374 g/mol. The molecule has 1 amide bonds. The second-order valence-corrected chi connectivity index (χ2v) is 7.86. The number of hydrogen-bond acceptors (Lipinski definition) is 6. The van der Waals surface area contributed by atoms with Crippen LogP contribution in [0.3, 0.4) is 0 Å². The molecule has 0 radical (unpaired) electrons. The van der Waals surface area contributed by atoms with Crippen LogP contribution in [0.15, 0.2) is 73.7 Å². The van der Waals surface area contributed by atoms with E-state index in [4.69, 9.17) is 4.42 Å². The van der Waals surface area contributed by atoms with Gasteiger partial charge in [-0.05, 0) is 41.1 Å². The van der Waals surface area contributed by atoms with Crippen molar-refractivity contribution in [1.29, 1.82) is 0 Å². The number of carbonyl (C=O) groups excluding carboxylic acids is 1. The molecule has 25 heavy (non-hydrogen) atoms. The summed E-state index contributed by atoms with van der Waals surface area (Å²) in [6.45, 7) is 0. The van der Waals surface area contributed by atoms with E-state index in [1.807, 2.05) is 16.8 Å². The van der Waals surface area contributed by atoms with Gasteiger partial charge in [-0.25, -0.2) is 13.8 Å². The van der Waals surface area contributed by atoms with Crippen molar-refractivity contribution < 1.29 is 17.6 Å². The summed E-state index contributed by atoms with van der Waals surface area (Å²) in [5, 5.41) is 7.61. The zero-order chi connectivity index (χ0) is 17.7. The van der Waals surface area contributed by atoms with Gasteiger partial charge in [0.2, 0.25) is 0 Å². The number of carbonyl (C=O) groups is 1. The summed E-state index contributed by atoms with van der Waals surface area (Å²) < 4.78 is 29.9. The van der Waals surface area contributed by atoms with Crippen molar-refractivity contribution in [2.75, 3.05) is 0 Å². The van der Waals surface area contributed by atoms with Crippen LogP contribution in [0.2, 0.25) is 0 Å². The zero-order valence-corrected chi connectivity index (χ0v) is 14.6. The third-order valence-corrected chi connectivity index (χ3v) is 5.60. The average molecular weight is 374 g/mol. The Morgan fingerprint density at radius 2 is 1.96 bits per heavy atom. The van der Waals surface area contributed by atoms with Crippen molar-refractivity contribution in [3.63, 3.8) is 0 Å². The maximum Gasteiger partial charge on any atom is 0.307 e. The lowest BCUT2D eigenvalue weighted by Gasteiger charge is -2.02. The van der Waals surface area contributed by atoms with Gasteiger partial charge in [-0.3, -0.25) is 4.79 Å². The summed E-state index contributed by atoms with van der Waals surface area (Å²) in [7, 11) is -3.53. The Balaban J connectivity index is 1.65. The van der Waals surface area contributed by atoms with Crippen molar-refractivity contribution in [1.82, 2.24) is 5.43 Å². The van der Waals surface area contributed by atoms with Crippen molar-refractivity contribution >= 4 is 33.3 Å².